The summed E-state index contributed by atoms with van der Waals surface area (Å²) in [7, 11) is 0. The van der Waals surface area contributed by atoms with Crippen LogP contribution in [-0.4, -0.2) is 23.5 Å². The van der Waals surface area contributed by atoms with E-state index in [-0.39, 0.29) is 12.3 Å². The van der Waals surface area contributed by atoms with Crippen molar-refractivity contribution in [2.75, 3.05) is 6.54 Å². The first kappa shape index (κ1) is 24.1. The van der Waals surface area contributed by atoms with Crippen molar-refractivity contribution in [1.82, 2.24) is 5.32 Å². The number of unbranched alkanes of at least 4 members (excludes halogenated alkanes) is 4. The number of hydrogen-bond acceptors (Lipinski definition) is 3. The molecule has 3 aromatic carbocycles. The Morgan fingerprint density at radius 2 is 1.42 bits per heavy atom. The van der Waals surface area contributed by atoms with Crippen LogP contribution in [0.1, 0.15) is 54.4 Å². The number of carboxylic acids is 1. The van der Waals surface area contributed by atoms with E-state index in [2.05, 4.69) is 5.32 Å². The zero-order chi connectivity index (χ0) is 23.3. The Hall–Kier alpha value is -3.60. The van der Waals surface area contributed by atoms with Crippen molar-refractivity contribution in [3.63, 3.8) is 0 Å². The molecule has 0 bridgehead atoms. The highest BCUT2D eigenvalue weighted by molar-refractivity contribution is 6.00. The van der Waals surface area contributed by atoms with Gasteiger partial charge in [0.1, 0.15) is 12.4 Å². The van der Waals surface area contributed by atoms with Crippen LogP contribution in [0.2, 0.25) is 0 Å². The fourth-order valence-electron chi connectivity index (χ4n) is 3.63. The lowest BCUT2D eigenvalue weighted by atomic mass is 9.99. The van der Waals surface area contributed by atoms with Gasteiger partial charge < -0.3 is 15.2 Å². The van der Waals surface area contributed by atoms with Crippen molar-refractivity contribution >= 4 is 11.9 Å². The normalized spacial score (nSPS) is 10.5. The van der Waals surface area contributed by atoms with E-state index in [0.29, 0.717) is 25.1 Å². The largest absolute Gasteiger partial charge is 0.489 e. The predicted molar refractivity (Wildman–Crippen MR) is 130 cm³/mol. The van der Waals surface area contributed by atoms with Gasteiger partial charge in [-0.15, -0.1) is 0 Å². The topological polar surface area (TPSA) is 75.6 Å². The molecule has 3 rings (SSSR count). The van der Waals surface area contributed by atoms with Crippen LogP contribution in [0.15, 0.2) is 78.9 Å². The van der Waals surface area contributed by atoms with Gasteiger partial charge in [-0.2, -0.15) is 0 Å². The second kappa shape index (κ2) is 13.1. The fraction of sp³-hybridized carbons (Fsp3) is 0.286. The van der Waals surface area contributed by atoms with Crippen molar-refractivity contribution in [2.24, 2.45) is 0 Å². The summed E-state index contributed by atoms with van der Waals surface area (Å²) in [5.41, 5.74) is 3.62. The lowest BCUT2D eigenvalue weighted by Crippen LogP contribution is -2.25. The molecule has 0 spiro atoms. The zero-order valence-electron chi connectivity index (χ0n) is 18.8. The third-order valence-corrected chi connectivity index (χ3v) is 5.44. The third-order valence-electron chi connectivity index (χ3n) is 5.44. The average molecular weight is 446 g/mol. The van der Waals surface area contributed by atoms with Gasteiger partial charge in [0.05, 0.1) is 0 Å². The molecule has 0 aliphatic carbocycles. The van der Waals surface area contributed by atoms with E-state index in [1.54, 1.807) is 0 Å². The number of carboxylic acid groups (broad SMARTS) is 1. The number of ether oxygens (including phenoxy) is 1. The molecule has 172 valence electrons. The molecule has 33 heavy (non-hydrogen) atoms. The number of rotatable bonds is 13. The molecule has 0 fully saturated rings. The molecule has 0 aliphatic heterocycles. The maximum Gasteiger partial charge on any atom is 0.303 e. The summed E-state index contributed by atoms with van der Waals surface area (Å²) in [6, 6.07) is 25.4. The van der Waals surface area contributed by atoms with Gasteiger partial charge in [0, 0.05) is 18.5 Å². The van der Waals surface area contributed by atoms with Crippen LogP contribution in [-0.2, 0) is 11.4 Å². The summed E-state index contributed by atoms with van der Waals surface area (Å²) in [6.07, 6.45) is 4.70. The smallest absolute Gasteiger partial charge is 0.303 e. The van der Waals surface area contributed by atoms with Gasteiger partial charge in [0.25, 0.3) is 5.91 Å². The first-order valence-electron chi connectivity index (χ1n) is 11.5. The molecular formula is C28H31NO4. The molecule has 1 amide bonds. The number of aliphatic carboxylic acids is 1. The molecule has 5 nitrogen and oxygen atoms in total. The average Bonchev–Trinajstić information content (AvgIpc) is 2.85. The van der Waals surface area contributed by atoms with E-state index in [9.17, 15) is 9.59 Å². The Kier molecular flexibility index (Phi) is 9.52. The van der Waals surface area contributed by atoms with E-state index in [4.69, 9.17) is 9.84 Å². The number of hydrogen-bond donors (Lipinski definition) is 2. The number of carbonyl (C=O) groups is 2. The van der Waals surface area contributed by atoms with Gasteiger partial charge in [0.15, 0.2) is 0 Å². The quantitative estimate of drug-likeness (QED) is 0.312. The predicted octanol–water partition coefficient (Wildman–Crippen LogP) is 6.09. The molecular weight excluding hydrogens is 414 g/mol. The standard InChI is InChI=1S/C28H31NO4/c30-27(31)15-7-2-1-3-10-20-29-28(32)26-14-9-8-13-25(26)23-16-18-24(19-17-23)33-21-22-11-5-4-6-12-22/h4-6,8-9,11-14,16-19H,1-3,7,10,15,20-21H2,(H,29,32)(H,30,31). The molecule has 0 aliphatic rings. The first-order valence-corrected chi connectivity index (χ1v) is 11.5. The minimum Gasteiger partial charge on any atom is -0.489 e. The van der Waals surface area contributed by atoms with Crippen molar-refractivity contribution in [3.05, 3.63) is 90.0 Å². The minimum absolute atomic E-state index is 0.0825. The number of carbonyl (C=O) groups excluding carboxylic acids is 1. The summed E-state index contributed by atoms with van der Waals surface area (Å²) < 4.78 is 5.86. The van der Waals surface area contributed by atoms with Crippen molar-refractivity contribution in [2.45, 2.75) is 45.1 Å². The van der Waals surface area contributed by atoms with Crippen LogP contribution >= 0.6 is 0 Å². The highest BCUT2D eigenvalue weighted by Crippen LogP contribution is 2.26. The molecule has 0 radical (unpaired) electrons. The zero-order valence-corrected chi connectivity index (χ0v) is 18.8. The SMILES string of the molecule is O=C(O)CCCCCCCNC(=O)c1ccccc1-c1ccc(OCc2ccccc2)cc1. The van der Waals surface area contributed by atoms with Crippen molar-refractivity contribution in [3.8, 4) is 16.9 Å². The van der Waals surface area contributed by atoms with Gasteiger partial charge in [-0.25, -0.2) is 0 Å². The second-order valence-electron chi connectivity index (χ2n) is 8.01. The summed E-state index contributed by atoms with van der Waals surface area (Å²) in [5, 5.41) is 11.7. The molecule has 0 heterocycles. The molecule has 3 aromatic rings. The molecule has 0 aromatic heterocycles. The third kappa shape index (κ3) is 8.11. The first-order chi connectivity index (χ1) is 16.1. The van der Waals surface area contributed by atoms with Gasteiger partial charge in [-0.05, 0) is 47.7 Å². The molecule has 2 N–H and O–H groups in total. The molecule has 5 heteroatoms. The van der Waals surface area contributed by atoms with Crippen LogP contribution in [0.4, 0.5) is 0 Å². The Balaban J connectivity index is 1.49. The Morgan fingerprint density at radius 3 is 2.18 bits per heavy atom. The molecule has 0 saturated heterocycles. The van der Waals surface area contributed by atoms with Crippen LogP contribution in [0.3, 0.4) is 0 Å². The van der Waals surface area contributed by atoms with E-state index < -0.39 is 5.97 Å². The number of benzene rings is 3. The van der Waals surface area contributed by atoms with Gasteiger partial charge in [-0.3, -0.25) is 9.59 Å². The molecule has 0 atom stereocenters. The van der Waals surface area contributed by atoms with Crippen LogP contribution < -0.4 is 10.1 Å². The van der Waals surface area contributed by atoms with E-state index in [1.807, 2.05) is 78.9 Å². The maximum atomic E-state index is 12.8. The highest BCUT2D eigenvalue weighted by Gasteiger charge is 2.12. The summed E-state index contributed by atoms with van der Waals surface area (Å²) in [6.45, 7) is 1.12. The monoisotopic (exact) mass is 445 g/mol. The maximum absolute atomic E-state index is 12.8. The Morgan fingerprint density at radius 1 is 0.758 bits per heavy atom. The van der Waals surface area contributed by atoms with Crippen LogP contribution in [0.5, 0.6) is 5.75 Å². The molecule has 0 unspecified atom stereocenters. The van der Waals surface area contributed by atoms with E-state index in [0.717, 1.165) is 48.1 Å². The van der Waals surface area contributed by atoms with Crippen molar-refractivity contribution < 1.29 is 19.4 Å². The molecule has 0 saturated carbocycles. The summed E-state index contributed by atoms with van der Waals surface area (Å²) in [5.74, 6) is -0.0379. The van der Waals surface area contributed by atoms with Crippen molar-refractivity contribution in [1.29, 1.82) is 0 Å². The summed E-state index contributed by atoms with van der Waals surface area (Å²) in [4.78, 5) is 23.3. The Labute approximate surface area is 195 Å². The minimum atomic E-state index is -0.740. The van der Waals surface area contributed by atoms with E-state index >= 15 is 0 Å². The summed E-state index contributed by atoms with van der Waals surface area (Å²) >= 11 is 0. The number of nitrogens with one attached hydrogen (secondary N) is 1. The van der Waals surface area contributed by atoms with Crippen LogP contribution in [0, 0.1) is 0 Å². The second-order valence-corrected chi connectivity index (χ2v) is 8.01. The van der Waals surface area contributed by atoms with Gasteiger partial charge in [-0.1, -0.05) is 79.9 Å². The fourth-order valence-corrected chi connectivity index (χ4v) is 3.63. The highest BCUT2D eigenvalue weighted by atomic mass is 16.5. The van der Waals surface area contributed by atoms with Gasteiger partial charge in [0.2, 0.25) is 0 Å². The number of amides is 1. The lowest BCUT2D eigenvalue weighted by molar-refractivity contribution is -0.137. The van der Waals surface area contributed by atoms with Crippen LogP contribution in [0.25, 0.3) is 11.1 Å². The van der Waals surface area contributed by atoms with E-state index in [1.165, 1.54) is 0 Å². The lowest BCUT2D eigenvalue weighted by Gasteiger charge is -2.12. The van der Waals surface area contributed by atoms with Gasteiger partial charge >= 0.3 is 5.97 Å². The Bertz CT molecular complexity index is 1020.